The van der Waals surface area contributed by atoms with E-state index in [9.17, 15) is 14.7 Å². The normalized spacial score (nSPS) is 12.1. The lowest BCUT2D eigenvalue weighted by molar-refractivity contribution is -0.138. The number of hydrogen-bond donors (Lipinski definition) is 2. The number of rotatable bonds is 6. The summed E-state index contributed by atoms with van der Waals surface area (Å²) >= 11 is 0. The third kappa shape index (κ3) is 4.22. The molecule has 2 aromatic rings. The van der Waals surface area contributed by atoms with E-state index in [1.165, 1.54) is 6.07 Å². The number of hydrogen-bond acceptors (Lipinski definition) is 4. The van der Waals surface area contributed by atoms with Gasteiger partial charge in [0.1, 0.15) is 11.8 Å². The molecular weight excluding hydrogens is 282 g/mol. The highest BCUT2D eigenvalue weighted by molar-refractivity contribution is 5.77. The fraction of sp³-hybridized carbons (Fsp3) is 0.294. The van der Waals surface area contributed by atoms with E-state index in [1.54, 1.807) is 6.07 Å². The lowest BCUT2D eigenvalue weighted by Gasteiger charge is -2.17. The number of nitrogens with one attached hydrogen (secondary N) is 1. The Hall–Kier alpha value is -2.56. The molecule has 0 radical (unpaired) electrons. The van der Waals surface area contributed by atoms with Gasteiger partial charge in [-0.2, -0.15) is 0 Å². The Kier molecular flexibility index (Phi) is 4.99. The van der Waals surface area contributed by atoms with Crippen molar-refractivity contribution in [2.75, 3.05) is 5.32 Å². The topological polar surface area (TPSA) is 79.5 Å². The van der Waals surface area contributed by atoms with Crippen LogP contribution < -0.4 is 10.9 Å². The number of anilines is 1. The van der Waals surface area contributed by atoms with Crippen LogP contribution in [-0.2, 0) is 4.79 Å². The molecule has 0 fully saturated rings. The largest absolute Gasteiger partial charge is 0.480 e. The van der Waals surface area contributed by atoms with Gasteiger partial charge in [-0.25, -0.2) is 9.59 Å². The summed E-state index contributed by atoms with van der Waals surface area (Å²) in [5.74, 6) is -0.310. The van der Waals surface area contributed by atoms with Crippen LogP contribution in [0, 0.1) is 5.92 Å². The van der Waals surface area contributed by atoms with Gasteiger partial charge in [0.05, 0.1) is 0 Å². The SMILES string of the molecule is CC(C)C[C@H](Nc1cc(-c2ccccc2)oc(=O)c1)C(=O)O. The van der Waals surface area contributed by atoms with Crippen LogP contribution in [0.4, 0.5) is 5.69 Å². The van der Waals surface area contributed by atoms with E-state index in [2.05, 4.69) is 5.32 Å². The van der Waals surface area contributed by atoms with Gasteiger partial charge >= 0.3 is 11.6 Å². The molecule has 0 amide bonds. The van der Waals surface area contributed by atoms with Gasteiger partial charge in [0, 0.05) is 23.4 Å². The van der Waals surface area contributed by atoms with Crippen molar-refractivity contribution in [2.24, 2.45) is 5.92 Å². The molecule has 5 heteroatoms. The summed E-state index contributed by atoms with van der Waals surface area (Å²) in [5.41, 5.74) is 0.694. The van der Waals surface area contributed by atoms with Crippen molar-refractivity contribution in [1.29, 1.82) is 0 Å². The molecule has 2 rings (SSSR count). The van der Waals surface area contributed by atoms with Gasteiger partial charge in [-0.1, -0.05) is 44.2 Å². The molecule has 0 saturated heterocycles. The second-order valence-corrected chi connectivity index (χ2v) is 5.56. The molecule has 0 bridgehead atoms. The van der Waals surface area contributed by atoms with Gasteiger partial charge < -0.3 is 14.8 Å². The third-order valence-corrected chi connectivity index (χ3v) is 3.17. The zero-order chi connectivity index (χ0) is 16.1. The minimum Gasteiger partial charge on any atom is -0.480 e. The summed E-state index contributed by atoms with van der Waals surface area (Å²) in [6, 6.07) is 11.4. The van der Waals surface area contributed by atoms with E-state index in [0.29, 0.717) is 17.9 Å². The van der Waals surface area contributed by atoms with Crippen LogP contribution in [0.5, 0.6) is 0 Å². The molecule has 0 aliphatic heterocycles. The fourth-order valence-corrected chi connectivity index (χ4v) is 2.20. The average molecular weight is 301 g/mol. The van der Waals surface area contributed by atoms with E-state index in [1.807, 2.05) is 44.2 Å². The summed E-state index contributed by atoms with van der Waals surface area (Å²) in [5, 5.41) is 12.2. The predicted molar refractivity (Wildman–Crippen MR) is 84.9 cm³/mol. The van der Waals surface area contributed by atoms with Crippen LogP contribution in [0.3, 0.4) is 0 Å². The van der Waals surface area contributed by atoms with Gasteiger partial charge in [-0.3, -0.25) is 0 Å². The minimum absolute atomic E-state index is 0.224. The van der Waals surface area contributed by atoms with Crippen molar-refractivity contribution in [1.82, 2.24) is 0 Å². The van der Waals surface area contributed by atoms with Crippen LogP contribution in [0.25, 0.3) is 11.3 Å². The second-order valence-electron chi connectivity index (χ2n) is 5.56. The summed E-state index contributed by atoms with van der Waals surface area (Å²) in [7, 11) is 0. The van der Waals surface area contributed by atoms with Crippen molar-refractivity contribution in [2.45, 2.75) is 26.3 Å². The summed E-state index contributed by atoms with van der Waals surface area (Å²) in [6.07, 6.45) is 0.468. The highest BCUT2D eigenvalue weighted by atomic mass is 16.4. The summed E-state index contributed by atoms with van der Waals surface area (Å²) < 4.78 is 5.18. The minimum atomic E-state index is -0.941. The van der Waals surface area contributed by atoms with Crippen LogP contribution in [-0.4, -0.2) is 17.1 Å². The van der Waals surface area contributed by atoms with Crippen LogP contribution in [0.15, 0.2) is 51.7 Å². The Labute approximate surface area is 128 Å². The smallest absolute Gasteiger partial charge is 0.338 e. The third-order valence-electron chi connectivity index (χ3n) is 3.17. The van der Waals surface area contributed by atoms with Gasteiger partial charge in [-0.15, -0.1) is 0 Å². The maximum absolute atomic E-state index is 11.7. The first-order valence-electron chi connectivity index (χ1n) is 7.15. The fourth-order valence-electron chi connectivity index (χ4n) is 2.20. The van der Waals surface area contributed by atoms with Crippen LogP contribution >= 0.6 is 0 Å². The first kappa shape index (κ1) is 15.8. The summed E-state index contributed by atoms with van der Waals surface area (Å²) in [4.78, 5) is 23.0. The number of aliphatic carboxylic acids is 1. The van der Waals surface area contributed by atoms with Crippen molar-refractivity contribution in [3.8, 4) is 11.3 Å². The Morgan fingerprint density at radius 2 is 1.91 bits per heavy atom. The molecule has 0 aliphatic carbocycles. The molecule has 1 aromatic carbocycles. The number of benzene rings is 1. The van der Waals surface area contributed by atoms with Crippen LogP contribution in [0.2, 0.25) is 0 Å². The molecule has 1 aromatic heterocycles. The maximum Gasteiger partial charge on any atom is 0.338 e. The Balaban J connectivity index is 2.30. The first-order valence-corrected chi connectivity index (χ1v) is 7.15. The zero-order valence-electron chi connectivity index (χ0n) is 12.6. The number of carboxylic acid groups (broad SMARTS) is 1. The second kappa shape index (κ2) is 6.93. The highest BCUT2D eigenvalue weighted by Gasteiger charge is 2.19. The van der Waals surface area contributed by atoms with E-state index in [-0.39, 0.29) is 5.92 Å². The molecule has 0 saturated carbocycles. The molecule has 5 nitrogen and oxygen atoms in total. The van der Waals surface area contributed by atoms with Crippen molar-refractivity contribution >= 4 is 11.7 Å². The number of carboxylic acids is 1. The van der Waals surface area contributed by atoms with Gasteiger partial charge in [0.2, 0.25) is 0 Å². The average Bonchev–Trinajstić information content (AvgIpc) is 2.46. The molecule has 1 atom stereocenters. The highest BCUT2D eigenvalue weighted by Crippen LogP contribution is 2.21. The van der Waals surface area contributed by atoms with Crippen LogP contribution in [0.1, 0.15) is 20.3 Å². The molecular formula is C17H19NO4. The van der Waals surface area contributed by atoms with Crippen molar-refractivity contribution in [3.63, 3.8) is 0 Å². The Morgan fingerprint density at radius 1 is 1.23 bits per heavy atom. The molecule has 0 aliphatic rings. The molecule has 0 unspecified atom stereocenters. The zero-order valence-corrected chi connectivity index (χ0v) is 12.6. The Bertz CT molecular complexity index is 691. The van der Waals surface area contributed by atoms with Crippen molar-refractivity contribution < 1.29 is 14.3 Å². The molecule has 22 heavy (non-hydrogen) atoms. The summed E-state index contributed by atoms with van der Waals surface area (Å²) in [6.45, 7) is 3.90. The monoisotopic (exact) mass is 301 g/mol. The van der Waals surface area contributed by atoms with Gasteiger partial charge in [0.25, 0.3) is 0 Å². The molecule has 0 spiro atoms. The van der Waals surface area contributed by atoms with Gasteiger partial charge in [0.15, 0.2) is 0 Å². The number of carbonyl (C=O) groups is 1. The lowest BCUT2D eigenvalue weighted by atomic mass is 10.0. The molecule has 1 heterocycles. The Morgan fingerprint density at radius 3 is 2.50 bits per heavy atom. The lowest BCUT2D eigenvalue weighted by Crippen LogP contribution is -2.31. The van der Waals surface area contributed by atoms with E-state index >= 15 is 0 Å². The van der Waals surface area contributed by atoms with E-state index in [4.69, 9.17) is 4.42 Å². The quantitative estimate of drug-likeness (QED) is 0.856. The van der Waals surface area contributed by atoms with E-state index < -0.39 is 17.6 Å². The molecule has 2 N–H and O–H groups in total. The first-order chi connectivity index (χ1) is 10.5. The predicted octanol–water partition coefficient (Wildman–Crippen LogP) is 3.22. The van der Waals surface area contributed by atoms with Crippen molar-refractivity contribution in [3.05, 3.63) is 52.9 Å². The standard InChI is InChI=1S/C17H19NO4/c1-11(2)8-14(17(20)21)18-13-9-15(22-16(19)10-13)12-6-4-3-5-7-12/h3-7,9-11,14,18H,8H2,1-2H3,(H,20,21)/t14-/m0/s1. The van der Waals surface area contributed by atoms with E-state index in [0.717, 1.165) is 5.56 Å². The molecule has 116 valence electrons. The van der Waals surface area contributed by atoms with Gasteiger partial charge in [-0.05, 0) is 12.3 Å². The maximum atomic E-state index is 11.7.